The Morgan fingerprint density at radius 2 is 1.09 bits per heavy atom. The molecule has 5 heteroatoms. The third kappa shape index (κ3) is 6.06. The maximum absolute atomic E-state index is 10.9. The first kappa shape index (κ1) is 24.0. The van der Waals surface area contributed by atoms with E-state index in [-0.39, 0.29) is 5.69 Å². The van der Waals surface area contributed by atoms with E-state index in [1.165, 1.54) is 22.1 Å². The van der Waals surface area contributed by atoms with Crippen molar-refractivity contribution in [3.8, 4) is 11.1 Å². The Bertz CT molecular complexity index is 1280. The minimum atomic E-state index is -0.446. The van der Waals surface area contributed by atoms with Crippen LogP contribution in [-0.2, 0) is 0 Å². The van der Waals surface area contributed by atoms with Gasteiger partial charge in [0.15, 0.2) is 0 Å². The SMILES string of the molecule is Cc1ccccc1-c1ccncc1[N+](=O)[O-].c1ccc(P(c2ccccc2)c2ccccc2)cc1. The van der Waals surface area contributed by atoms with Gasteiger partial charge in [-0.2, -0.15) is 0 Å². The molecular formula is C30H25N2O2P. The maximum atomic E-state index is 10.9. The molecule has 172 valence electrons. The van der Waals surface area contributed by atoms with Gasteiger partial charge in [0.25, 0.3) is 5.69 Å². The zero-order chi connectivity index (χ0) is 24.5. The highest BCUT2D eigenvalue weighted by atomic mass is 31.1. The Labute approximate surface area is 206 Å². The van der Waals surface area contributed by atoms with Crippen molar-refractivity contribution in [3.63, 3.8) is 0 Å². The third-order valence-electron chi connectivity index (χ3n) is 5.48. The molecule has 1 heterocycles. The predicted molar refractivity (Wildman–Crippen MR) is 146 cm³/mol. The second kappa shape index (κ2) is 11.8. The first-order chi connectivity index (χ1) is 17.1. The fourth-order valence-electron chi connectivity index (χ4n) is 3.81. The highest BCUT2D eigenvalue weighted by Gasteiger charge is 2.16. The Hall–Kier alpha value is -4.14. The molecule has 0 spiro atoms. The molecule has 5 aromatic rings. The fraction of sp³-hybridized carbons (Fsp3) is 0.0333. The predicted octanol–water partition coefficient (Wildman–Crippen LogP) is 6.41. The van der Waals surface area contributed by atoms with Crippen LogP contribution in [0.1, 0.15) is 5.56 Å². The van der Waals surface area contributed by atoms with E-state index >= 15 is 0 Å². The normalized spacial score (nSPS) is 10.3. The smallest absolute Gasteiger partial charge is 0.258 e. The van der Waals surface area contributed by atoms with Crippen LogP contribution in [0.15, 0.2) is 134 Å². The van der Waals surface area contributed by atoms with Crippen molar-refractivity contribution in [2.75, 3.05) is 0 Å². The van der Waals surface area contributed by atoms with E-state index in [0.717, 1.165) is 11.1 Å². The van der Waals surface area contributed by atoms with E-state index in [2.05, 4.69) is 96.0 Å². The van der Waals surface area contributed by atoms with Gasteiger partial charge in [0.05, 0.1) is 10.5 Å². The summed E-state index contributed by atoms with van der Waals surface area (Å²) < 4.78 is 0. The highest BCUT2D eigenvalue weighted by molar-refractivity contribution is 7.79. The largest absolute Gasteiger partial charge is 0.295 e. The molecule has 0 aliphatic carbocycles. The van der Waals surface area contributed by atoms with Crippen LogP contribution in [-0.4, -0.2) is 9.91 Å². The third-order valence-corrected chi connectivity index (χ3v) is 7.92. The molecule has 0 aliphatic rings. The minimum absolute atomic E-state index is 0.0387. The van der Waals surface area contributed by atoms with Crippen molar-refractivity contribution in [2.45, 2.75) is 6.92 Å². The number of benzene rings is 4. The van der Waals surface area contributed by atoms with Crippen LogP contribution in [0.5, 0.6) is 0 Å². The summed E-state index contributed by atoms with van der Waals surface area (Å²) >= 11 is 0. The van der Waals surface area contributed by atoms with Gasteiger partial charge in [-0.1, -0.05) is 115 Å². The van der Waals surface area contributed by atoms with Gasteiger partial charge in [0.2, 0.25) is 0 Å². The lowest BCUT2D eigenvalue weighted by molar-refractivity contribution is -0.384. The Kier molecular flexibility index (Phi) is 8.11. The van der Waals surface area contributed by atoms with Crippen LogP contribution < -0.4 is 15.9 Å². The highest BCUT2D eigenvalue weighted by Crippen LogP contribution is 2.32. The van der Waals surface area contributed by atoms with Crippen molar-refractivity contribution in [3.05, 3.63) is 149 Å². The monoisotopic (exact) mass is 476 g/mol. The first-order valence-corrected chi connectivity index (χ1v) is 12.6. The lowest BCUT2D eigenvalue weighted by atomic mass is 10.0. The molecule has 4 aromatic carbocycles. The van der Waals surface area contributed by atoms with Gasteiger partial charge in [0, 0.05) is 6.20 Å². The average molecular weight is 477 g/mol. The summed E-state index contributed by atoms with van der Waals surface area (Å²) in [6.45, 7) is 1.93. The number of nitro groups is 1. The minimum Gasteiger partial charge on any atom is -0.258 e. The number of pyridine rings is 1. The molecule has 0 saturated carbocycles. The molecule has 35 heavy (non-hydrogen) atoms. The summed E-state index contributed by atoms with van der Waals surface area (Å²) in [4.78, 5) is 14.2. The zero-order valence-electron chi connectivity index (χ0n) is 19.4. The molecule has 4 nitrogen and oxygen atoms in total. The molecule has 0 unspecified atom stereocenters. The van der Waals surface area contributed by atoms with Crippen molar-refractivity contribution < 1.29 is 4.92 Å². The van der Waals surface area contributed by atoms with Gasteiger partial charge in [-0.15, -0.1) is 0 Å². The number of aryl methyl sites for hydroxylation is 1. The second-order valence-corrected chi connectivity index (χ2v) is 10.0. The van der Waals surface area contributed by atoms with Crippen LogP contribution in [0.2, 0.25) is 0 Å². The lowest BCUT2D eigenvalue weighted by Gasteiger charge is -2.18. The van der Waals surface area contributed by atoms with Crippen LogP contribution in [0.25, 0.3) is 11.1 Å². The number of rotatable bonds is 5. The van der Waals surface area contributed by atoms with E-state index in [1.807, 2.05) is 31.2 Å². The summed E-state index contributed by atoms with van der Waals surface area (Å²) in [5.74, 6) is 0. The number of hydrogen-bond acceptors (Lipinski definition) is 3. The quantitative estimate of drug-likeness (QED) is 0.167. The van der Waals surface area contributed by atoms with Crippen molar-refractivity contribution >= 4 is 29.5 Å². The molecule has 0 aliphatic heterocycles. The molecule has 5 rings (SSSR count). The summed E-state index contributed by atoms with van der Waals surface area (Å²) in [6.07, 6.45) is 2.84. The summed E-state index contributed by atoms with van der Waals surface area (Å²) in [7, 11) is -0.446. The van der Waals surface area contributed by atoms with E-state index in [4.69, 9.17) is 0 Å². The van der Waals surface area contributed by atoms with Gasteiger partial charge >= 0.3 is 0 Å². The lowest BCUT2D eigenvalue weighted by Crippen LogP contribution is -2.20. The Morgan fingerprint density at radius 1 is 0.629 bits per heavy atom. The Morgan fingerprint density at radius 3 is 1.54 bits per heavy atom. The molecule has 0 N–H and O–H groups in total. The van der Waals surface area contributed by atoms with Gasteiger partial charge < -0.3 is 0 Å². The summed E-state index contributed by atoms with van der Waals surface area (Å²) in [5.41, 5.74) is 2.53. The van der Waals surface area contributed by atoms with Crippen LogP contribution in [0.4, 0.5) is 5.69 Å². The van der Waals surface area contributed by atoms with Crippen LogP contribution in [0, 0.1) is 17.0 Å². The molecule has 0 radical (unpaired) electrons. The van der Waals surface area contributed by atoms with Gasteiger partial charge in [0.1, 0.15) is 6.20 Å². The topological polar surface area (TPSA) is 56.0 Å². The van der Waals surface area contributed by atoms with Crippen LogP contribution in [0.3, 0.4) is 0 Å². The standard InChI is InChI=1S/C18H15P.C12H10N2O2/c1-4-10-16(11-5-1)19(17-12-6-2-7-13-17)18-14-8-3-9-15-18;1-9-4-2-3-5-10(9)11-6-7-13-8-12(11)14(15)16/h1-15H;2-8H,1H3. The molecular weight excluding hydrogens is 451 g/mol. The van der Waals surface area contributed by atoms with Gasteiger partial charge in [-0.3, -0.25) is 15.1 Å². The number of hydrogen-bond donors (Lipinski definition) is 0. The zero-order valence-corrected chi connectivity index (χ0v) is 20.3. The maximum Gasteiger partial charge on any atom is 0.295 e. The number of aromatic nitrogens is 1. The fourth-order valence-corrected chi connectivity index (χ4v) is 6.12. The number of nitrogens with zero attached hydrogens (tertiary/aromatic N) is 2. The van der Waals surface area contributed by atoms with Crippen molar-refractivity contribution in [2.24, 2.45) is 0 Å². The second-order valence-electron chi connectivity index (χ2n) is 7.81. The van der Waals surface area contributed by atoms with E-state index in [9.17, 15) is 10.1 Å². The van der Waals surface area contributed by atoms with E-state index < -0.39 is 12.8 Å². The molecule has 0 amide bonds. The molecule has 0 atom stereocenters. The van der Waals surface area contributed by atoms with Crippen molar-refractivity contribution in [1.82, 2.24) is 4.98 Å². The van der Waals surface area contributed by atoms with E-state index in [0.29, 0.717) is 5.56 Å². The average Bonchev–Trinajstić information content (AvgIpc) is 2.91. The summed E-state index contributed by atoms with van der Waals surface area (Å²) in [6, 6.07) is 41.6. The molecule has 0 saturated heterocycles. The van der Waals surface area contributed by atoms with Gasteiger partial charge in [-0.05, 0) is 48.0 Å². The van der Waals surface area contributed by atoms with Gasteiger partial charge in [-0.25, -0.2) is 0 Å². The first-order valence-electron chi connectivity index (χ1n) is 11.2. The molecule has 1 aromatic heterocycles. The van der Waals surface area contributed by atoms with Crippen LogP contribution >= 0.6 is 7.92 Å². The van der Waals surface area contributed by atoms with Crippen molar-refractivity contribution in [1.29, 1.82) is 0 Å². The van der Waals surface area contributed by atoms with E-state index in [1.54, 1.807) is 12.3 Å². The molecule has 0 fully saturated rings. The Balaban J connectivity index is 0.000000168. The summed E-state index contributed by atoms with van der Waals surface area (Å²) in [5, 5.41) is 15.1. The molecule has 0 bridgehead atoms.